The van der Waals surface area contributed by atoms with Crippen LogP contribution in [0.5, 0.6) is 0 Å². The van der Waals surface area contributed by atoms with Gasteiger partial charge in [-0.15, -0.1) is 11.3 Å². The van der Waals surface area contributed by atoms with E-state index in [1.54, 1.807) is 0 Å². The van der Waals surface area contributed by atoms with Crippen molar-refractivity contribution >= 4 is 11.3 Å². The minimum absolute atomic E-state index is 0.409. The Bertz CT molecular complexity index is 348. The van der Waals surface area contributed by atoms with Gasteiger partial charge in [-0.25, -0.2) is 4.98 Å². The maximum Gasteiger partial charge on any atom is 0.109 e. The van der Waals surface area contributed by atoms with E-state index in [1.807, 2.05) is 17.5 Å². The van der Waals surface area contributed by atoms with E-state index in [1.165, 1.54) is 42.0 Å². The topological polar surface area (TPSA) is 24.9 Å². The zero-order chi connectivity index (χ0) is 12.3. The summed E-state index contributed by atoms with van der Waals surface area (Å²) in [6.45, 7) is 6.75. The van der Waals surface area contributed by atoms with Gasteiger partial charge in [-0.3, -0.25) is 0 Å². The summed E-state index contributed by atoms with van der Waals surface area (Å²) in [7, 11) is 0. The Morgan fingerprint density at radius 3 is 2.88 bits per heavy atom. The lowest BCUT2D eigenvalue weighted by molar-refractivity contribution is 0.407. The van der Waals surface area contributed by atoms with Gasteiger partial charge in [0.2, 0.25) is 0 Å². The van der Waals surface area contributed by atoms with Gasteiger partial charge in [0.05, 0.1) is 6.04 Å². The normalized spacial score (nSPS) is 27.7. The van der Waals surface area contributed by atoms with Crippen molar-refractivity contribution in [2.45, 2.75) is 65.0 Å². The van der Waals surface area contributed by atoms with Crippen LogP contribution in [-0.2, 0) is 0 Å². The molecular weight excluding hydrogens is 228 g/mol. The number of rotatable bonds is 3. The van der Waals surface area contributed by atoms with Crippen LogP contribution in [0, 0.1) is 12.8 Å². The number of thiazole rings is 1. The maximum atomic E-state index is 4.48. The molecule has 0 saturated heterocycles. The van der Waals surface area contributed by atoms with Gasteiger partial charge < -0.3 is 5.32 Å². The first kappa shape index (κ1) is 13.0. The van der Waals surface area contributed by atoms with Crippen molar-refractivity contribution in [3.8, 4) is 0 Å². The second kappa shape index (κ2) is 5.96. The molecule has 0 aliphatic heterocycles. The SMILES string of the molecule is Cc1cnc(C(C)NC2CCCC(C)CC2)s1. The van der Waals surface area contributed by atoms with Crippen LogP contribution in [0.25, 0.3) is 0 Å². The molecule has 0 radical (unpaired) electrons. The number of nitrogens with one attached hydrogen (secondary N) is 1. The van der Waals surface area contributed by atoms with Crippen LogP contribution < -0.4 is 5.32 Å². The zero-order valence-corrected chi connectivity index (χ0v) is 12.0. The maximum absolute atomic E-state index is 4.48. The van der Waals surface area contributed by atoms with Crippen LogP contribution in [0.4, 0.5) is 0 Å². The van der Waals surface area contributed by atoms with E-state index in [-0.39, 0.29) is 0 Å². The smallest absolute Gasteiger partial charge is 0.109 e. The van der Waals surface area contributed by atoms with Gasteiger partial charge in [-0.05, 0) is 39.0 Å². The fourth-order valence-corrected chi connectivity index (χ4v) is 3.44. The van der Waals surface area contributed by atoms with Gasteiger partial charge in [0.25, 0.3) is 0 Å². The molecule has 1 N–H and O–H groups in total. The molecule has 17 heavy (non-hydrogen) atoms. The first-order chi connectivity index (χ1) is 8.15. The third kappa shape index (κ3) is 3.78. The highest BCUT2D eigenvalue weighted by Gasteiger charge is 2.19. The summed E-state index contributed by atoms with van der Waals surface area (Å²) >= 11 is 1.82. The predicted molar refractivity (Wildman–Crippen MR) is 74.4 cm³/mol. The molecule has 0 bridgehead atoms. The van der Waals surface area contributed by atoms with E-state index in [0.29, 0.717) is 12.1 Å². The molecule has 0 amide bonds. The van der Waals surface area contributed by atoms with Gasteiger partial charge in [0.15, 0.2) is 0 Å². The Kier molecular flexibility index (Phi) is 4.57. The summed E-state index contributed by atoms with van der Waals surface area (Å²) in [5.74, 6) is 0.916. The van der Waals surface area contributed by atoms with Crippen molar-refractivity contribution in [2.24, 2.45) is 5.92 Å². The number of hydrogen-bond donors (Lipinski definition) is 1. The Morgan fingerprint density at radius 2 is 2.18 bits per heavy atom. The van der Waals surface area contributed by atoms with E-state index in [9.17, 15) is 0 Å². The molecule has 3 heteroatoms. The van der Waals surface area contributed by atoms with Gasteiger partial charge in [-0.2, -0.15) is 0 Å². The van der Waals surface area contributed by atoms with Crippen LogP contribution >= 0.6 is 11.3 Å². The molecule has 96 valence electrons. The Labute approximate surface area is 109 Å². The number of hydrogen-bond acceptors (Lipinski definition) is 3. The summed E-state index contributed by atoms with van der Waals surface area (Å²) in [5, 5.41) is 4.99. The lowest BCUT2D eigenvalue weighted by atomic mass is 10.0. The second-order valence-electron chi connectivity index (χ2n) is 5.51. The van der Waals surface area contributed by atoms with Crippen LogP contribution in [0.2, 0.25) is 0 Å². The van der Waals surface area contributed by atoms with Crippen LogP contribution in [-0.4, -0.2) is 11.0 Å². The van der Waals surface area contributed by atoms with Gasteiger partial charge >= 0.3 is 0 Å². The molecule has 1 saturated carbocycles. The molecule has 0 spiro atoms. The molecule has 3 atom stereocenters. The van der Waals surface area contributed by atoms with E-state index in [4.69, 9.17) is 0 Å². The largest absolute Gasteiger partial charge is 0.305 e. The quantitative estimate of drug-likeness (QED) is 0.820. The van der Waals surface area contributed by atoms with Crippen molar-refractivity contribution in [3.05, 3.63) is 16.1 Å². The molecule has 2 nitrogen and oxygen atoms in total. The lowest BCUT2D eigenvalue weighted by Crippen LogP contribution is -2.31. The Balaban J connectivity index is 1.87. The molecule has 1 aromatic rings. The number of nitrogens with zero attached hydrogens (tertiary/aromatic N) is 1. The summed E-state index contributed by atoms with van der Waals surface area (Å²) in [6.07, 6.45) is 8.80. The summed E-state index contributed by atoms with van der Waals surface area (Å²) in [4.78, 5) is 5.78. The van der Waals surface area contributed by atoms with Crippen molar-refractivity contribution in [3.63, 3.8) is 0 Å². The predicted octanol–water partition coefficient (Wildman–Crippen LogP) is 4.07. The van der Waals surface area contributed by atoms with Crippen LogP contribution in [0.3, 0.4) is 0 Å². The van der Waals surface area contributed by atoms with Crippen molar-refractivity contribution in [1.82, 2.24) is 10.3 Å². The molecule has 1 aliphatic rings. The van der Waals surface area contributed by atoms with Crippen molar-refractivity contribution < 1.29 is 0 Å². The summed E-state index contributed by atoms with van der Waals surface area (Å²) in [6, 6.07) is 1.10. The van der Waals surface area contributed by atoms with Crippen molar-refractivity contribution in [2.75, 3.05) is 0 Å². The summed E-state index contributed by atoms with van der Waals surface area (Å²) < 4.78 is 0. The second-order valence-corrected chi connectivity index (χ2v) is 6.77. The van der Waals surface area contributed by atoms with Gasteiger partial charge in [0.1, 0.15) is 5.01 Å². The highest BCUT2D eigenvalue weighted by molar-refractivity contribution is 7.11. The van der Waals surface area contributed by atoms with Gasteiger partial charge in [-0.1, -0.05) is 19.8 Å². The molecule has 0 aromatic carbocycles. The molecule has 2 rings (SSSR count). The average molecular weight is 252 g/mol. The van der Waals surface area contributed by atoms with Gasteiger partial charge in [0, 0.05) is 17.1 Å². The van der Waals surface area contributed by atoms with E-state index in [0.717, 1.165) is 5.92 Å². The first-order valence-corrected chi connectivity index (χ1v) is 7.65. The van der Waals surface area contributed by atoms with E-state index < -0.39 is 0 Å². The number of aryl methyl sites for hydroxylation is 1. The highest BCUT2D eigenvalue weighted by Crippen LogP contribution is 2.25. The first-order valence-electron chi connectivity index (χ1n) is 6.83. The fourth-order valence-electron chi connectivity index (χ4n) is 2.65. The third-order valence-corrected chi connectivity index (χ3v) is 4.85. The van der Waals surface area contributed by atoms with E-state index in [2.05, 4.69) is 31.1 Å². The zero-order valence-electron chi connectivity index (χ0n) is 11.2. The van der Waals surface area contributed by atoms with Crippen LogP contribution in [0.1, 0.15) is 61.9 Å². The Morgan fingerprint density at radius 1 is 1.35 bits per heavy atom. The standard InChI is InChI=1S/C14H24N2S/c1-10-5-4-6-13(8-7-10)16-12(3)14-15-9-11(2)17-14/h9-10,12-13,16H,4-8H2,1-3H3. The molecule has 1 heterocycles. The number of aromatic nitrogens is 1. The molecule has 3 unspecified atom stereocenters. The third-order valence-electron chi connectivity index (χ3n) is 3.75. The molecule has 1 fully saturated rings. The minimum atomic E-state index is 0.409. The molecule has 1 aliphatic carbocycles. The highest BCUT2D eigenvalue weighted by atomic mass is 32.1. The Hall–Kier alpha value is -0.410. The summed E-state index contributed by atoms with van der Waals surface area (Å²) in [5.41, 5.74) is 0. The lowest BCUT2D eigenvalue weighted by Gasteiger charge is -2.20. The molecular formula is C14H24N2S. The van der Waals surface area contributed by atoms with Crippen LogP contribution in [0.15, 0.2) is 6.20 Å². The fraction of sp³-hybridized carbons (Fsp3) is 0.786. The minimum Gasteiger partial charge on any atom is -0.305 e. The van der Waals surface area contributed by atoms with E-state index >= 15 is 0 Å². The average Bonchev–Trinajstić information content (AvgIpc) is 2.62. The molecule has 1 aromatic heterocycles. The van der Waals surface area contributed by atoms with Crippen molar-refractivity contribution in [1.29, 1.82) is 0 Å². The monoisotopic (exact) mass is 252 g/mol.